The first-order valence-electron chi connectivity index (χ1n) is 3.11. The van der Waals surface area contributed by atoms with Crippen molar-refractivity contribution < 1.29 is 0 Å². The fourth-order valence-electron chi connectivity index (χ4n) is 0.755. The van der Waals surface area contributed by atoms with Gasteiger partial charge in [0.15, 0.2) is 0 Å². The van der Waals surface area contributed by atoms with Gasteiger partial charge in [0.2, 0.25) is 0 Å². The van der Waals surface area contributed by atoms with Crippen LogP contribution in [0.15, 0.2) is 17.4 Å². The Kier molecular flexibility index (Phi) is 1.76. The lowest BCUT2D eigenvalue weighted by atomic mass is 10.3. The third kappa shape index (κ3) is 1.29. The van der Waals surface area contributed by atoms with Crippen molar-refractivity contribution in [2.24, 2.45) is 7.05 Å². The summed E-state index contributed by atoms with van der Waals surface area (Å²) in [5.74, 6) is 0. The Morgan fingerprint density at radius 2 is 2.45 bits per heavy atom. The molecule has 0 aliphatic rings. The fraction of sp³-hybridized carbons (Fsp3) is 0.143. The lowest BCUT2D eigenvalue weighted by Gasteiger charge is -1.99. The summed E-state index contributed by atoms with van der Waals surface area (Å²) in [4.78, 5) is 11.0. The highest BCUT2D eigenvalue weighted by Crippen LogP contribution is 1.97. The van der Waals surface area contributed by atoms with Crippen LogP contribution in [0, 0.1) is 0 Å². The average molecular weight is 151 g/mol. The van der Waals surface area contributed by atoms with Crippen molar-refractivity contribution in [3.8, 4) is 0 Å². The standard InChI is InChI=1S/C7H9N3O/c1-3-5-4-6(8)7(11)10(2)9-5/h3-4H,1,8H2,2H3. The van der Waals surface area contributed by atoms with Crippen LogP contribution in [0.3, 0.4) is 0 Å². The molecule has 4 nitrogen and oxygen atoms in total. The molecule has 0 radical (unpaired) electrons. The zero-order chi connectivity index (χ0) is 8.43. The second-order valence-corrected chi connectivity index (χ2v) is 2.16. The van der Waals surface area contributed by atoms with Gasteiger partial charge in [-0.05, 0) is 12.1 Å². The Balaban J connectivity index is 3.43. The summed E-state index contributed by atoms with van der Waals surface area (Å²) in [5, 5.41) is 3.86. The van der Waals surface area contributed by atoms with Crippen LogP contribution in [-0.2, 0) is 7.05 Å². The molecular weight excluding hydrogens is 142 g/mol. The Hall–Kier alpha value is -1.58. The highest BCUT2D eigenvalue weighted by molar-refractivity contribution is 5.47. The second kappa shape index (κ2) is 2.57. The lowest BCUT2D eigenvalue weighted by molar-refractivity contribution is 0.706. The molecule has 1 heterocycles. The van der Waals surface area contributed by atoms with Gasteiger partial charge in [-0.1, -0.05) is 6.58 Å². The quantitative estimate of drug-likeness (QED) is 0.614. The van der Waals surface area contributed by atoms with Crippen LogP contribution in [0.5, 0.6) is 0 Å². The van der Waals surface area contributed by atoms with Gasteiger partial charge in [-0.25, -0.2) is 4.68 Å². The Labute approximate surface area is 64.0 Å². The maximum Gasteiger partial charge on any atom is 0.289 e. The van der Waals surface area contributed by atoms with E-state index in [1.54, 1.807) is 7.05 Å². The molecule has 58 valence electrons. The predicted molar refractivity (Wildman–Crippen MR) is 44.0 cm³/mol. The van der Waals surface area contributed by atoms with E-state index in [-0.39, 0.29) is 11.2 Å². The number of nitrogen functional groups attached to an aromatic ring is 1. The monoisotopic (exact) mass is 151 g/mol. The van der Waals surface area contributed by atoms with Gasteiger partial charge in [0.05, 0.1) is 5.69 Å². The molecule has 0 aliphatic carbocycles. The largest absolute Gasteiger partial charge is 0.394 e. The van der Waals surface area contributed by atoms with Crippen LogP contribution in [0.2, 0.25) is 0 Å². The van der Waals surface area contributed by atoms with E-state index < -0.39 is 0 Å². The maximum absolute atomic E-state index is 11.0. The summed E-state index contributed by atoms with van der Waals surface area (Å²) in [6, 6.07) is 1.50. The van der Waals surface area contributed by atoms with Crippen molar-refractivity contribution in [3.63, 3.8) is 0 Å². The van der Waals surface area contributed by atoms with E-state index in [1.165, 1.54) is 16.8 Å². The van der Waals surface area contributed by atoms with Gasteiger partial charge in [0, 0.05) is 7.05 Å². The van der Waals surface area contributed by atoms with E-state index >= 15 is 0 Å². The predicted octanol–water partition coefficient (Wildman–Crippen LogP) is 0.00550. The lowest BCUT2D eigenvalue weighted by Crippen LogP contribution is -2.22. The molecule has 0 aliphatic heterocycles. The molecule has 0 saturated heterocycles. The van der Waals surface area contributed by atoms with Gasteiger partial charge in [-0.3, -0.25) is 4.79 Å². The summed E-state index contributed by atoms with van der Waals surface area (Å²) in [7, 11) is 1.55. The molecule has 0 atom stereocenters. The number of anilines is 1. The number of hydrogen-bond acceptors (Lipinski definition) is 3. The van der Waals surface area contributed by atoms with Crippen LogP contribution >= 0.6 is 0 Å². The van der Waals surface area contributed by atoms with E-state index in [1.807, 2.05) is 0 Å². The van der Waals surface area contributed by atoms with Crippen molar-refractivity contribution >= 4 is 11.8 Å². The van der Waals surface area contributed by atoms with Gasteiger partial charge in [-0.2, -0.15) is 5.10 Å². The number of hydrogen-bond donors (Lipinski definition) is 1. The third-order valence-electron chi connectivity index (χ3n) is 1.32. The number of nitrogens with zero attached hydrogens (tertiary/aromatic N) is 2. The third-order valence-corrected chi connectivity index (χ3v) is 1.32. The van der Waals surface area contributed by atoms with Crippen molar-refractivity contribution in [2.75, 3.05) is 5.73 Å². The van der Waals surface area contributed by atoms with Gasteiger partial charge in [-0.15, -0.1) is 0 Å². The molecule has 0 amide bonds. The van der Waals surface area contributed by atoms with Gasteiger partial charge in [0.1, 0.15) is 5.69 Å². The first-order valence-corrected chi connectivity index (χ1v) is 3.11. The molecule has 2 N–H and O–H groups in total. The van der Waals surface area contributed by atoms with Crippen LogP contribution in [0.1, 0.15) is 5.69 Å². The normalized spacial score (nSPS) is 9.55. The van der Waals surface area contributed by atoms with E-state index in [4.69, 9.17) is 5.73 Å². The zero-order valence-electron chi connectivity index (χ0n) is 6.24. The Morgan fingerprint density at radius 1 is 1.82 bits per heavy atom. The average Bonchev–Trinajstić information content (AvgIpc) is 1.99. The molecule has 0 aromatic carbocycles. The molecule has 1 rings (SSSR count). The van der Waals surface area contributed by atoms with Gasteiger partial charge in [0.25, 0.3) is 5.56 Å². The molecule has 0 unspecified atom stereocenters. The van der Waals surface area contributed by atoms with Gasteiger partial charge < -0.3 is 5.73 Å². The minimum absolute atomic E-state index is 0.192. The minimum atomic E-state index is -0.282. The molecule has 0 fully saturated rings. The molecule has 0 spiro atoms. The van der Waals surface area contributed by atoms with E-state index in [2.05, 4.69) is 11.7 Å². The molecule has 0 bridgehead atoms. The summed E-state index contributed by atoms with van der Waals surface area (Å²) in [6.07, 6.45) is 1.54. The molecule has 4 heteroatoms. The SMILES string of the molecule is C=Cc1cc(N)c(=O)n(C)n1. The Morgan fingerprint density at radius 3 is 2.91 bits per heavy atom. The Bertz CT molecular complexity index is 314. The van der Waals surface area contributed by atoms with Gasteiger partial charge >= 0.3 is 0 Å². The highest BCUT2D eigenvalue weighted by atomic mass is 16.1. The molecule has 1 aromatic heterocycles. The van der Waals surface area contributed by atoms with Crippen molar-refractivity contribution in [1.29, 1.82) is 0 Å². The van der Waals surface area contributed by atoms with Crippen LogP contribution in [-0.4, -0.2) is 9.78 Å². The number of nitrogens with two attached hydrogens (primary N) is 1. The van der Waals surface area contributed by atoms with E-state index in [9.17, 15) is 4.79 Å². The molecular formula is C7H9N3O. The minimum Gasteiger partial charge on any atom is -0.394 e. The molecule has 11 heavy (non-hydrogen) atoms. The molecule has 1 aromatic rings. The second-order valence-electron chi connectivity index (χ2n) is 2.16. The fourth-order valence-corrected chi connectivity index (χ4v) is 0.755. The summed E-state index contributed by atoms with van der Waals surface area (Å²) in [6.45, 7) is 3.51. The van der Waals surface area contributed by atoms with E-state index in [0.717, 1.165) is 0 Å². The van der Waals surface area contributed by atoms with Crippen LogP contribution in [0.25, 0.3) is 6.08 Å². The first-order chi connectivity index (χ1) is 5.15. The topological polar surface area (TPSA) is 60.9 Å². The highest BCUT2D eigenvalue weighted by Gasteiger charge is 1.98. The van der Waals surface area contributed by atoms with E-state index in [0.29, 0.717) is 5.69 Å². The molecule has 0 saturated carbocycles. The maximum atomic E-state index is 11.0. The first kappa shape index (κ1) is 7.53. The van der Waals surface area contributed by atoms with Crippen LogP contribution in [0.4, 0.5) is 5.69 Å². The number of rotatable bonds is 1. The van der Waals surface area contributed by atoms with Crippen molar-refractivity contribution in [1.82, 2.24) is 9.78 Å². The summed E-state index contributed by atoms with van der Waals surface area (Å²) >= 11 is 0. The smallest absolute Gasteiger partial charge is 0.289 e. The summed E-state index contributed by atoms with van der Waals surface area (Å²) < 4.78 is 1.19. The zero-order valence-corrected chi connectivity index (χ0v) is 6.24. The van der Waals surface area contributed by atoms with Crippen LogP contribution < -0.4 is 11.3 Å². The number of aromatic nitrogens is 2. The van der Waals surface area contributed by atoms with Crippen molar-refractivity contribution in [3.05, 3.63) is 28.7 Å². The summed E-state index contributed by atoms with van der Waals surface area (Å²) in [5.41, 5.74) is 5.89. The number of aryl methyl sites for hydroxylation is 1. The van der Waals surface area contributed by atoms with Crippen molar-refractivity contribution in [2.45, 2.75) is 0 Å².